The molecule has 1 heterocycles. The van der Waals surface area contributed by atoms with Gasteiger partial charge in [0.15, 0.2) is 0 Å². The van der Waals surface area contributed by atoms with Crippen LogP contribution in [0.5, 0.6) is 0 Å². The van der Waals surface area contributed by atoms with Crippen molar-refractivity contribution in [1.82, 2.24) is 4.98 Å². The summed E-state index contributed by atoms with van der Waals surface area (Å²) in [6.45, 7) is -0.155. The minimum absolute atomic E-state index is 0.155. The molecule has 0 bridgehead atoms. The van der Waals surface area contributed by atoms with Gasteiger partial charge in [0, 0.05) is 17.2 Å². The van der Waals surface area contributed by atoms with Gasteiger partial charge >= 0.3 is 6.18 Å². The predicted octanol–water partition coefficient (Wildman–Crippen LogP) is 3.21. The maximum atomic E-state index is 11.8. The van der Waals surface area contributed by atoms with Gasteiger partial charge in [0.25, 0.3) is 0 Å². The van der Waals surface area contributed by atoms with E-state index >= 15 is 0 Å². The minimum Gasteiger partial charge on any atom is -0.370 e. The Morgan fingerprint density at radius 2 is 2.07 bits per heavy atom. The van der Waals surface area contributed by atoms with Crippen LogP contribution in [0.2, 0.25) is 0 Å². The largest absolute Gasteiger partial charge is 0.390 e. The first-order chi connectivity index (χ1) is 6.47. The highest BCUT2D eigenvalue weighted by molar-refractivity contribution is 9.10. The van der Waals surface area contributed by atoms with Crippen LogP contribution in [-0.4, -0.2) is 17.7 Å². The second kappa shape index (κ2) is 4.63. The molecule has 0 spiro atoms. The molecule has 14 heavy (non-hydrogen) atoms. The van der Waals surface area contributed by atoms with Crippen molar-refractivity contribution in [3.63, 3.8) is 0 Å². The van der Waals surface area contributed by atoms with Crippen LogP contribution in [0.15, 0.2) is 22.8 Å². The van der Waals surface area contributed by atoms with Crippen molar-refractivity contribution in [2.75, 3.05) is 11.9 Å². The highest BCUT2D eigenvalue weighted by Crippen LogP contribution is 2.19. The average molecular weight is 269 g/mol. The van der Waals surface area contributed by atoms with Crippen molar-refractivity contribution in [2.45, 2.75) is 12.6 Å². The van der Waals surface area contributed by atoms with E-state index in [1.165, 1.54) is 6.20 Å². The number of rotatable bonds is 3. The molecule has 0 radical (unpaired) electrons. The molecule has 78 valence electrons. The highest BCUT2D eigenvalue weighted by Gasteiger charge is 2.26. The van der Waals surface area contributed by atoms with E-state index < -0.39 is 12.6 Å². The third-order valence-corrected chi connectivity index (χ3v) is 1.91. The fourth-order valence-electron chi connectivity index (χ4n) is 0.813. The van der Waals surface area contributed by atoms with Gasteiger partial charge in [0.05, 0.1) is 6.42 Å². The van der Waals surface area contributed by atoms with E-state index in [4.69, 9.17) is 0 Å². The van der Waals surface area contributed by atoms with E-state index in [0.717, 1.165) is 4.47 Å². The summed E-state index contributed by atoms with van der Waals surface area (Å²) in [6.07, 6.45) is -3.46. The smallest absolute Gasteiger partial charge is 0.370 e. The van der Waals surface area contributed by atoms with E-state index in [1.54, 1.807) is 12.1 Å². The lowest BCUT2D eigenvalue weighted by Crippen LogP contribution is -2.14. The molecule has 0 aliphatic heterocycles. The van der Waals surface area contributed by atoms with Crippen LogP contribution in [0.25, 0.3) is 0 Å². The summed E-state index contributed by atoms with van der Waals surface area (Å²) < 4.78 is 36.1. The van der Waals surface area contributed by atoms with E-state index in [-0.39, 0.29) is 6.54 Å². The Kier molecular flexibility index (Phi) is 3.74. The lowest BCUT2D eigenvalue weighted by atomic mass is 10.4. The van der Waals surface area contributed by atoms with Crippen molar-refractivity contribution in [3.05, 3.63) is 22.8 Å². The van der Waals surface area contributed by atoms with E-state index in [2.05, 4.69) is 26.2 Å². The molecule has 0 unspecified atom stereocenters. The predicted molar refractivity (Wildman–Crippen MR) is 51.1 cm³/mol. The van der Waals surface area contributed by atoms with Crippen LogP contribution < -0.4 is 5.32 Å². The number of aromatic nitrogens is 1. The number of hydrogen-bond donors (Lipinski definition) is 1. The van der Waals surface area contributed by atoms with Gasteiger partial charge in [-0.1, -0.05) is 0 Å². The van der Waals surface area contributed by atoms with Crippen molar-refractivity contribution >= 4 is 21.7 Å². The zero-order chi connectivity index (χ0) is 10.6. The molecule has 1 aromatic rings. The van der Waals surface area contributed by atoms with Crippen molar-refractivity contribution < 1.29 is 13.2 Å². The van der Waals surface area contributed by atoms with Gasteiger partial charge < -0.3 is 5.32 Å². The summed E-state index contributed by atoms with van der Waals surface area (Å²) in [5, 5.41) is 2.58. The molecule has 0 aliphatic carbocycles. The van der Waals surface area contributed by atoms with Gasteiger partial charge in [-0.3, -0.25) is 0 Å². The lowest BCUT2D eigenvalue weighted by Gasteiger charge is -2.07. The molecule has 1 N–H and O–H groups in total. The number of nitrogens with zero attached hydrogens (tertiary/aromatic N) is 1. The summed E-state index contributed by atoms with van der Waals surface area (Å²) in [6, 6.07) is 3.32. The highest BCUT2D eigenvalue weighted by atomic mass is 79.9. The van der Waals surface area contributed by atoms with Gasteiger partial charge in [0.1, 0.15) is 5.82 Å². The molecule has 0 saturated carbocycles. The number of anilines is 1. The van der Waals surface area contributed by atoms with Gasteiger partial charge in [-0.15, -0.1) is 0 Å². The maximum Gasteiger partial charge on any atom is 0.390 e. The maximum absolute atomic E-state index is 11.8. The van der Waals surface area contributed by atoms with Crippen LogP contribution >= 0.6 is 15.9 Å². The fraction of sp³-hybridized carbons (Fsp3) is 0.375. The molecule has 0 fully saturated rings. The number of hydrogen-bond acceptors (Lipinski definition) is 2. The Labute approximate surface area is 87.7 Å². The van der Waals surface area contributed by atoms with Crippen molar-refractivity contribution in [1.29, 1.82) is 0 Å². The van der Waals surface area contributed by atoms with Gasteiger partial charge in [-0.2, -0.15) is 13.2 Å². The van der Waals surface area contributed by atoms with Crippen LogP contribution in [0.1, 0.15) is 6.42 Å². The Bertz CT molecular complexity index is 284. The Morgan fingerprint density at radius 3 is 2.57 bits per heavy atom. The van der Waals surface area contributed by atoms with Crippen molar-refractivity contribution in [2.24, 2.45) is 0 Å². The quantitative estimate of drug-likeness (QED) is 0.911. The minimum atomic E-state index is -4.12. The zero-order valence-electron chi connectivity index (χ0n) is 7.11. The fourth-order valence-corrected chi connectivity index (χ4v) is 1.05. The topological polar surface area (TPSA) is 24.9 Å². The normalized spacial score (nSPS) is 11.4. The second-order valence-corrected chi connectivity index (χ2v) is 3.57. The second-order valence-electron chi connectivity index (χ2n) is 2.65. The summed E-state index contributed by atoms with van der Waals surface area (Å²) >= 11 is 3.18. The standard InChI is InChI=1S/C8H8BrF3N2/c9-6-1-2-7(14-5-6)13-4-3-8(10,11)12/h1-2,5H,3-4H2,(H,13,14). The summed E-state index contributed by atoms with van der Waals surface area (Å²) in [5.74, 6) is 0.442. The SMILES string of the molecule is FC(F)(F)CCNc1ccc(Br)cn1. The van der Waals surface area contributed by atoms with Crippen LogP contribution in [0, 0.1) is 0 Å². The van der Waals surface area contributed by atoms with E-state index in [1.807, 2.05) is 0 Å². The van der Waals surface area contributed by atoms with Crippen molar-refractivity contribution in [3.8, 4) is 0 Å². The number of pyridine rings is 1. The molecule has 1 rings (SSSR count). The van der Waals surface area contributed by atoms with Crippen LogP contribution in [0.4, 0.5) is 19.0 Å². The first kappa shape index (κ1) is 11.3. The molecule has 0 aromatic carbocycles. The molecule has 2 nitrogen and oxygen atoms in total. The first-order valence-electron chi connectivity index (χ1n) is 3.89. The molecule has 0 amide bonds. The van der Waals surface area contributed by atoms with Gasteiger partial charge in [-0.05, 0) is 28.1 Å². The first-order valence-corrected chi connectivity index (χ1v) is 4.69. The Balaban J connectivity index is 2.35. The van der Waals surface area contributed by atoms with Gasteiger partial charge in [0.2, 0.25) is 0 Å². The average Bonchev–Trinajstić information content (AvgIpc) is 2.06. The number of alkyl halides is 3. The molecule has 0 atom stereocenters. The van der Waals surface area contributed by atoms with E-state index in [0.29, 0.717) is 5.82 Å². The summed E-state index contributed by atoms with van der Waals surface area (Å²) in [7, 11) is 0. The van der Waals surface area contributed by atoms with Crippen LogP contribution in [0.3, 0.4) is 0 Å². The number of halogens is 4. The zero-order valence-corrected chi connectivity index (χ0v) is 8.69. The molecule has 1 aromatic heterocycles. The molecule has 6 heteroatoms. The molecule has 0 aliphatic rings. The monoisotopic (exact) mass is 268 g/mol. The van der Waals surface area contributed by atoms with E-state index in [9.17, 15) is 13.2 Å². The Hall–Kier alpha value is -0.780. The Morgan fingerprint density at radius 1 is 1.36 bits per heavy atom. The molecular weight excluding hydrogens is 261 g/mol. The number of nitrogens with one attached hydrogen (secondary N) is 1. The lowest BCUT2D eigenvalue weighted by molar-refractivity contribution is -0.131. The van der Waals surface area contributed by atoms with Gasteiger partial charge in [-0.25, -0.2) is 4.98 Å². The summed E-state index contributed by atoms with van der Waals surface area (Å²) in [4.78, 5) is 3.87. The summed E-state index contributed by atoms with van der Waals surface area (Å²) in [5.41, 5.74) is 0. The third kappa shape index (κ3) is 4.45. The molecular formula is C8H8BrF3N2. The van der Waals surface area contributed by atoms with Crippen LogP contribution in [-0.2, 0) is 0 Å². The third-order valence-electron chi connectivity index (χ3n) is 1.44. The molecule has 0 saturated heterocycles.